The molecule has 25 heavy (non-hydrogen) atoms. The molecule has 0 aliphatic rings. The summed E-state index contributed by atoms with van der Waals surface area (Å²) in [4.78, 5) is 24.6. The van der Waals surface area contributed by atoms with Crippen LogP contribution in [0.3, 0.4) is 0 Å². The van der Waals surface area contributed by atoms with Gasteiger partial charge in [0.2, 0.25) is 5.41 Å². The molecule has 2 aromatic rings. The summed E-state index contributed by atoms with van der Waals surface area (Å²) in [6.07, 6.45) is 0. The Hall–Kier alpha value is -2.66. The highest BCUT2D eigenvalue weighted by molar-refractivity contribution is 6.06. The van der Waals surface area contributed by atoms with Crippen LogP contribution >= 0.6 is 0 Å². The minimum atomic E-state index is -1.93. The molecule has 0 radical (unpaired) electrons. The van der Waals surface area contributed by atoms with Crippen LogP contribution in [0, 0.1) is 0 Å². The first-order chi connectivity index (χ1) is 11.7. The van der Waals surface area contributed by atoms with Crippen LogP contribution in [0.1, 0.15) is 26.3 Å². The number of esters is 1. The van der Waals surface area contributed by atoms with Crippen molar-refractivity contribution < 1.29 is 19.4 Å². The normalized spacial score (nSPS) is 13.8. The van der Waals surface area contributed by atoms with E-state index in [-0.39, 0.29) is 6.54 Å². The quantitative estimate of drug-likeness (QED) is 0.644. The maximum absolute atomic E-state index is 12.6. The van der Waals surface area contributed by atoms with Gasteiger partial charge in [-0.25, -0.2) is 0 Å². The molecule has 0 aliphatic heterocycles. The van der Waals surface area contributed by atoms with E-state index in [0.29, 0.717) is 5.56 Å². The Bertz CT molecular complexity index is 748. The van der Waals surface area contributed by atoms with Gasteiger partial charge in [0, 0.05) is 6.54 Å². The van der Waals surface area contributed by atoms with Crippen molar-refractivity contribution in [3.63, 3.8) is 0 Å². The summed E-state index contributed by atoms with van der Waals surface area (Å²) < 4.78 is 5.32. The number of hydrogen-bond donors (Lipinski definition) is 2. The molecule has 0 aliphatic carbocycles. The van der Waals surface area contributed by atoms with E-state index in [9.17, 15) is 14.7 Å². The Morgan fingerprint density at radius 1 is 0.960 bits per heavy atom. The van der Waals surface area contributed by atoms with Gasteiger partial charge in [-0.2, -0.15) is 0 Å². The maximum Gasteiger partial charge on any atom is 0.329 e. The molecule has 3 N–H and O–H groups in total. The molecule has 5 nitrogen and oxygen atoms in total. The number of rotatable bonds is 5. The summed E-state index contributed by atoms with van der Waals surface area (Å²) in [7, 11) is 0. The van der Waals surface area contributed by atoms with Crippen molar-refractivity contribution in [1.29, 1.82) is 0 Å². The fourth-order valence-corrected chi connectivity index (χ4v) is 2.56. The third-order valence-corrected chi connectivity index (χ3v) is 3.90. The summed E-state index contributed by atoms with van der Waals surface area (Å²) >= 11 is 0. The third-order valence-electron chi connectivity index (χ3n) is 3.90. The minimum absolute atomic E-state index is 0.302. The number of nitrogens with two attached hydrogens (primary N) is 1. The van der Waals surface area contributed by atoms with Crippen LogP contribution in [-0.2, 0) is 19.7 Å². The number of carboxylic acids is 1. The predicted molar refractivity (Wildman–Crippen MR) is 96.1 cm³/mol. The SMILES string of the molecule is CC(C)(C)OC(=O)C(CN)(C(=O)O)c1ccc(-c2ccccc2)cc1. The zero-order valence-electron chi connectivity index (χ0n) is 14.7. The Kier molecular flexibility index (Phi) is 5.28. The molecule has 2 aromatic carbocycles. The molecule has 0 amide bonds. The molecular weight excluding hydrogens is 318 g/mol. The second-order valence-corrected chi connectivity index (χ2v) is 6.86. The van der Waals surface area contributed by atoms with Crippen molar-refractivity contribution >= 4 is 11.9 Å². The Morgan fingerprint density at radius 3 is 1.92 bits per heavy atom. The number of benzene rings is 2. The lowest BCUT2D eigenvalue weighted by molar-refractivity contribution is -0.169. The molecular formula is C20H23NO4. The summed E-state index contributed by atoms with van der Waals surface area (Å²) in [5.41, 5.74) is 5.21. The molecule has 132 valence electrons. The molecule has 2 rings (SSSR count). The average molecular weight is 341 g/mol. The number of aliphatic carboxylic acids is 1. The standard InChI is InChI=1S/C20H23NO4/c1-19(2,3)25-18(24)20(13-21,17(22)23)16-11-9-15(10-12-16)14-7-5-4-6-8-14/h4-12H,13,21H2,1-3H3,(H,22,23). The van der Waals surface area contributed by atoms with Crippen molar-refractivity contribution in [2.45, 2.75) is 31.8 Å². The fourth-order valence-electron chi connectivity index (χ4n) is 2.56. The predicted octanol–water partition coefficient (Wildman–Crippen LogP) is 2.98. The molecule has 0 spiro atoms. The third kappa shape index (κ3) is 3.88. The molecule has 0 saturated heterocycles. The highest BCUT2D eigenvalue weighted by atomic mass is 16.6. The van der Waals surface area contributed by atoms with Gasteiger partial charge in [-0.15, -0.1) is 0 Å². The van der Waals surface area contributed by atoms with E-state index in [1.165, 1.54) is 0 Å². The largest absolute Gasteiger partial charge is 0.480 e. The Morgan fingerprint density at radius 2 is 1.48 bits per heavy atom. The fraction of sp³-hybridized carbons (Fsp3) is 0.300. The van der Waals surface area contributed by atoms with Crippen LogP contribution in [0.2, 0.25) is 0 Å². The zero-order valence-corrected chi connectivity index (χ0v) is 14.7. The summed E-state index contributed by atoms with van der Waals surface area (Å²) in [5.74, 6) is -2.18. The molecule has 0 heterocycles. The summed E-state index contributed by atoms with van der Waals surface area (Å²) in [6.45, 7) is 4.67. The van der Waals surface area contributed by atoms with Gasteiger partial charge in [-0.05, 0) is 37.5 Å². The second kappa shape index (κ2) is 7.07. The minimum Gasteiger partial charge on any atom is -0.480 e. The van der Waals surface area contributed by atoms with E-state index in [4.69, 9.17) is 10.5 Å². The van der Waals surface area contributed by atoms with Crippen molar-refractivity contribution in [3.05, 3.63) is 60.2 Å². The molecule has 0 bridgehead atoms. The molecule has 0 saturated carbocycles. The molecule has 1 atom stereocenters. The number of ether oxygens (including phenoxy) is 1. The lowest BCUT2D eigenvalue weighted by Gasteiger charge is -2.30. The van der Waals surface area contributed by atoms with Crippen LogP contribution in [0.15, 0.2) is 54.6 Å². The van der Waals surface area contributed by atoms with E-state index < -0.39 is 23.0 Å². The van der Waals surface area contributed by atoms with E-state index in [1.807, 2.05) is 30.3 Å². The number of carbonyl (C=O) groups excluding carboxylic acids is 1. The monoisotopic (exact) mass is 341 g/mol. The number of carbonyl (C=O) groups is 2. The molecule has 1 unspecified atom stereocenters. The van der Waals surface area contributed by atoms with Crippen LogP contribution in [0.25, 0.3) is 11.1 Å². The van der Waals surface area contributed by atoms with Crippen molar-refractivity contribution in [1.82, 2.24) is 0 Å². The topological polar surface area (TPSA) is 89.6 Å². The van der Waals surface area contributed by atoms with Crippen LogP contribution in [-0.4, -0.2) is 29.2 Å². The van der Waals surface area contributed by atoms with Crippen molar-refractivity contribution in [2.24, 2.45) is 5.73 Å². The summed E-state index contributed by atoms with van der Waals surface area (Å²) in [5, 5.41) is 9.75. The lowest BCUT2D eigenvalue weighted by atomic mass is 9.79. The van der Waals surface area contributed by atoms with Gasteiger partial charge >= 0.3 is 11.9 Å². The van der Waals surface area contributed by atoms with E-state index in [2.05, 4.69) is 0 Å². The highest BCUT2D eigenvalue weighted by Crippen LogP contribution is 2.30. The first-order valence-corrected chi connectivity index (χ1v) is 8.03. The van der Waals surface area contributed by atoms with Gasteiger partial charge in [-0.1, -0.05) is 54.6 Å². The van der Waals surface area contributed by atoms with Crippen LogP contribution in [0.4, 0.5) is 0 Å². The highest BCUT2D eigenvalue weighted by Gasteiger charge is 2.49. The van der Waals surface area contributed by atoms with E-state index in [1.54, 1.807) is 45.0 Å². The van der Waals surface area contributed by atoms with Gasteiger partial charge in [0.1, 0.15) is 5.60 Å². The van der Waals surface area contributed by atoms with Crippen LogP contribution < -0.4 is 5.73 Å². The zero-order chi connectivity index (χ0) is 18.7. The average Bonchev–Trinajstić information content (AvgIpc) is 2.55. The van der Waals surface area contributed by atoms with Gasteiger partial charge in [0.25, 0.3) is 0 Å². The number of carboxylic acid groups (broad SMARTS) is 1. The van der Waals surface area contributed by atoms with Crippen molar-refractivity contribution in [2.75, 3.05) is 6.54 Å². The Balaban J connectivity index is 2.45. The second-order valence-electron chi connectivity index (χ2n) is 6.86. The number of hydrogen-bond acceptors (Lipinski definition) is 4. The van der Waals surface area contributed by atoms with Gasteiger partial charge in [-0.3, -0.25) is 9.59 Å². The first kappa shape index (κ1) is 18.7. The van der Waals surface area contributed by atoms with Crippen molar-refractivity contribution in [3.8, 4) is 11.1 Å². The Labute approximate surface area is 147 Å². The molecule has 5 heteroatoms. The smallest absolute Gasteiger partial charge is 0.329 e. The molecule has 0 fully saturated rings. The van der Waals surface area contributed by atoms with Gasteiger partial charge < -0.3 is 15.6 Å². The first-order valence-electron chi connectivity index (χ1n) is 8.03. The van der Waals surface area contributed by atoms with E-state index >= 15 is 0 Å². The van der Waals surface area contributed by atoms with Gasteiger partial charge in [0.05, 0.1) is 0 Å². The maximum atomic E-state index is 12.6. The molecule has 0 aromatic heterocycles. The van der Waals surface area contributed by atoms with Gasteiger partial charge in [0.15, 0.2) is 0 Å². The summed E-state index contributed by atoms with van der Waals surface area (Å²) in [6, 6.07) is 16.5. The van der Waals surface area contributed by atoms with Crippen LogP contribution in [0.5, 0.6) is 0 Å². The van der Waals surface area contributed by atoms with E-state index in [0.717, 1.165) is 11.1 Å². The lowest BCUT2D eigenvalue weighted by Crippen LogP contribution is -2.52.